The van der Waals surface area contributed by atoms with Gasteiger partial charge in [0.25, 0.3) is 5.56 Å². The molecule has 1 aromatic carbocycles. The van der Waals surface area contributed by atoms with Crippen LogP contribution < -0.4 is 16.0 Å². The van der Waals surface area contributed by atoms with E-state index in [0.29, 0.717) is 4.68 Å². The van der Waals surface area contributed by atoms with E-state index in [4.69, 9.17) is 0 Å². The largest absolute Gasteiger partial charge is 0.349 e. The molecule has 1 aromatic heterocycles. The van der Waals surface area contributed by atoms with E-state index < -0.39 is 27.1 Å². The Morgan fingerprint density at radius 1 is 1.41 bits per heavy atom. The Bertz CT molecular complexity index is 938. The fourth-order valence-corrected chi connectivity index (χ4v) is 2.74. The fraction of sp³-hybridized carbons (Fsp3) is 0.182. The van der Waals surface area contributed by atoms with Crippen molar-refractivity contribution in [2.24, 2.45) is 0 Å². The molecule has 2 N–H and O–H groups in total. The summed E-state index contributed by atoms with van der Waals surface area (Å²) < 4.78 is 40.3. The third-order valence-corrected chi connectivity index (χ3v) is 4.57. The zero-order valence-electron chi connectivity index (χ0n) is 11.1. The number of anilines is 1. The number of rotatable bonds is 4. The topological polar surface area (TPSA) is 114 Å². The summed E-state index contributed by atoms with van der Waals surface area (Å²) in [4.78, 5) is 24.6. The van der Waals surface area contributed by atoms with Crippen molar-refractivity contribution in [2.45, 2.75) is 6.92 Å². The first kappa shape index (κ1) is 16.4. The number of halogens is 2. The molecule has 0 bridgehead atoms. The number of hydrogen-bond acceptors (Lipinski definition) is 5. The minimum Gasteiger partial charge on any atom is -0.282 e. The Morgan fingerprint density at radius 2 is 2.09 bits per heavy atom. The molecule has 22 heavy (non-hydrogen) atoms. The lowest BCUT2D eigenvalue weighted by Gasteiger charge is -2.11. The van der Waals surface area contributed by atoms with Gasteiger partial charge in [-0.25, -0.2) is 17.6 Å². The highest BCUT2D eigenvalue weighted by atomic mass is 79.9. The summed E-state index contributed by atoms with van der Waals surface area (Å²) in [5.74, 6) is -1.00. The molecule has 8 nitrogen and oxygen atoms in total. The number of sulfonamides is 1. The van der Waals surface area contributed by atoms with Crippen LogP contribution in [0.1, 0.15) is 6.92 Å². The van der Waals surface area contributed by atoms with E-state index in [-0.39, 0.29) is 21.6 Å². The summed E-state index contributed by atoms with van der Waals surface area (Å²) in [6.07, 6.45) is 0.804. The maximum Gasteiger partial charge on any atom is 0.349 e. The SMILES string of the molecule is CCS(=O)(=O)Nc1cc(-n2ncc(=O)[nH]c2=O)c(F)cc1Br. The van der Waals surface area contributed by atoms with Gasteiger partial charge in [-0.05, 0) is 35.0 Å². The zero-order chi connectivity index (χ0) is 16.5. The van der Waals surface area contributed by atoms with Gasteiger partial charge in [-0.3, -0.25) is 14.5 Å². The molecule has 0 amide bonds. The van der Waals surface area contributed by atoms with Gasteiger partial charge < -0.3 is 0 Å². The lowest BCUT2D eigenvalue weighted by molar-refractivity contribution is 0.597. The standard InChI is InChI=1S/C11H10BrFN4O4S/c1-2-22(20,21)16-8-4-9(7(13)3-6(8)12)17-11(19)15-10(18)5-14-17/h3-5,16H,2H2,1H3,(H,15,18,19). The van der Waals surface area contributed by atoms with E-state index in [1.807, 2.05) is 4.98 Å². The van der Waals surface area contributed by atoms with Crippen LogP contribution in [0.4, 0.5) is 10.1 Å². The van der Waals surface area contributed by atoms with Crippen LogP contribution in [0.3, 0.4) is 0 Å². The molecule has 2 aromatic rings. The highest BCUT2D eigenvalue weighted by Gasteiger charge is 2.16. The predicted molar refractivity (Wildman–Crippen MR) is 81.2 cm³/mol. The van der Waals surface area contributed by atoms with Crippen LogP contribution in [0.25, 0.3) is 5.69 Å². The maximum absolute atomic E-state index is 14.0. The maximum atomic E-state index is 14.0. The molecule has 0 aliphatic carbocycles. The average Bonchev–Trinajstić information content (AvgIpc) is 2.42. The molecule has 118 valence electrons. The first-order valence-electron chi connectivity index (χ1n) is 5.92. The minimum atomic E-state index is -3.59. The van der Waals surface area contributed by atoms with Gasteiger partial charge in [-0.2, -0.15) is 9.78 Å². The van der Waals surface area contributed by atoms with Crippen molar-refractivity contribution in [1.82, 2.24) is 14.8 Å². The molecule has 11 heteroatoms. The van der Waals surface area contributed by atoms with Crippen LogP contribution in [0.15, 0.2) is 32.4 Å². The molecule has 0 radical (unpaired) electrons. The van der Waals surface area contributed by atoms with E-state index in [0.717, 1.165) is 18.3 Å². The molecule has 0 spiro atoms. The summed E-state index contributed by atoms with van der Waals surface area (Å²) >= 11 is 3.03. The predicted octanol–water partition coefficient (Wildman–Crippen LogP) is 0.584. The van der Waals surface area contributed by atoms with Gasteiger partial charge in [0.1, 0.15) is 17.7 Å². The summed E-state index contributed by atoms with van der Waals surface area (Å²) in [5.41, 5.74) is -1.94. The fourth-order valence-electron chi connectivity index (χ4n) is 1.54. The van der Waals surface area contributed by atoms with Crippen LogP contribution in [0.2, 0.25) is 0 Å². The first-order valence-corrected chi connectivity index (χ1v) is 8.36. The van der Waals surface area contributed by atoms with Crippen molar-refractivity contribution in [2.75, 3.05) is 10.5 Å². The molecule has 0 unspecified atom stereocenters. The van der Waals surface area contributed by atoms with Gasteiger partial charge in [0, 0.05) is 4.47 Å². The molecule has 0 fully saturated rings. The number of aromatic amines is 1. The van der Waals surface area contributed by atoms with Crippen molar-refractivity contribution >= 4 is 31.6 Å². The normalized spacial score (nSPS) is 11.4. The molecule has 0 atom stereocenters. The number of benzene rings is 1. The van der Waals surface area contributed by atoms with Crippen LogP contribution in [-0.2, 0) is 10.0 Å². The van der Waals surface area contributed by atoms with Gasteiger partial charge in [-0.15, -0.1) is 0 Å². The van der Waals surface area contributed by atoms with E-state index in [1.165, 1.54) is 6.92 Å². The van der Waals surface area contributed by atoms with E-state index in [2.05, 4.69) is 25.8 Å². The Balaban J connectivity index is 2.63. The lowest BCUT2D eigenvalue weighted by atomic mass is 10.2. The Hall–Kier alpha value is -2.01. The second kappa shape index (κ2) is 6.01. The molecular weight excluding hydrogens is 383 g/mol. The van der Waals surface area contributed by atoms with Crippen LogP contribution in [0, 0.1) is 5.82 Å². The van der Waals surface area contributed by atoms with Crippen molar-refractivity contribution in [3.63, 3.8) is 0 Å². The summed E-state index contributed by atoms with van der Waals surface area (Å²) in [5, 5.41) is 3.52. The van der Waals surface area contributed by atoms with Gasteiger partial charge in [0.2, 0.25) is 10.0 Å². The Labute approximate surface area is 132 Å². The molecular formula is C11H10BrFN4O4S. The number of hydrogen-bond donors (Lipinski definition) is 2. The third-order valence-electron chi connectivity index (χ3n) is 2.62. The molecule has 0 aliphatic heterocycles. The van der Waals surface area contributed by atoms with Crippen LogP contribution in [0.5, 0.6) is 0 Å². The zero-order valence-corrected chi connectivity index (χ0v) is 13.5. The van der Waals surface area contributed by atoms with Crippen molar-refractivity contribution in [1.29, 1.82) is 0 Å². The van der Waals surface area contributed by atoms with Crippen LogP contribution >= 0.6 is 15.9 Å². The van der Waals surface area contributed by atoms with E-state index in [1.54, 1.807) is 0 Å². The van der Waals surface area contributed by atoms with E-state index >= 15 is 0 Å². The monoisotopic (exact) mass is 392 g/mol. The number of aromatic nitrogens is 3. The second-order valence-electron chi connectivity index (χ2n) is 4.14. The number of nitrogens with one attached hydrogen (secondary N) is 2. The summed E-state index contributed by atoms with van der Waals surface area (Å²) in [6.45, 7) is 1.44. The molecule has 0 saturated carbocycles. The van der Waals surface area contributed by atoms with Gasteiger partial charge in [0.15, 0.2) is 0 Å². The first-order chi connectivity index (χ1) is 10.2. The molecule has 1 heterocycles. The minimum absolute atomic E-state index is 0.0400. The quantitative estimate of drug-likeness (QED) is 0.789. The summed E-state index contributed by atoms with van der Waals surface area (Å²) in [7, 11) is -3.59. The highest BCUT2D eigenvalue weighted by Crippen LogP contribution is 2.28. The van der Waals surface area contributed by atoms with Gasteiger partial charge in [-0.1, -0.05) is 0 Å². The second-order valence-corrected chi connectivity index (χ2v) is 7.01. The number of H-pyrrole nitrogens is 1. The smallest absolute Gasteiger partial charge is 0.282 e. The van der Waals surface area contributed by atoms with Gasteiger partial charge in [0.05, 0.1) is 11.4 Å². The summed E-state index contributed by atoms with van der Waals surface area (Å²) in [6, 6.07) is 2.08. The van der Waals surface area contributed by atoms with Crippen LogP contribution in [-0.4, -0.2) is 28.9 Å². The van der Waals surface area contributed by atoms with E-state index in [9.17, 15) is 22.4 Å². The van der Waals surface area contributed by atoms with Gasteiger partial charge >= 0.3 is 5.69 Å². The Morgan fingerprint density at radius 3 is 2.68 bits per heavy atom. The number of nitrogens with zero attached hydrogens (tertiary/aromatic N) is 2. The van der Waals surface area contributed by atoms with Crippen molar-refractivity contribution in [3.8, 4) is 5.69 Å². The van der Waals surface area contributed by atoms with Crippen molar-refractivity contribution < 1.29 is 12.8 Å². The Kier molecular flexibility index (Phi) is 4.47. The molecule has 0 saturated heterocycles. The highest BCUT2D eigenvalue weighted by molar-refractivity contribution is 9.10. The lowest BCUT2D eigenvalue weighted by Crippen LogP contribution is -2.31. The molecule has 2 rings (SSSR count). The average molecular weight is 393 g/mol. The molecule has 0 aliphatic rings. The third kappa shape index (κ3) is 3.42. The van der Waals surface area contributed by atoms with Crippen molar-refractivity contribution in [3.05, 3.63) is 49.5 Å².